The molecule has 0 amide bonds. The van der Waals surface area contributed by atoms with E-state index in [4.69, 9.17) is 16.2 Å². The highest BCUT2D eigenvalue weighted by molar-refractivity contribution is 5.73. The van der Waals surface area contributed by atoms with Crippen LogP contribution < -0.4 is 16.2 Å². The van der Waals surface area contributed by atoms with Gasteiger partial charge in [0.2, 0.25) is 5.95 Å². The smallest absolute Gasteiger partial charge is 0.222 e. The molecule has 8 heteroatoms. The van der Waals surface area contributed by atoms with Crippen molar-refractivity contribution in [1.29, 1.82) is 5.26 Å². The number of hydrogen-bond donors (Lipinski definition) is 2. The molecule has 0 radical (unpaired) electrons. The summed E-state index contributed by atoms with van der Waals surface area (Å²) in [6, 6.07) is 12.8. The first-order chi connectivity index (χ1) is 12.5. The average Bonchev–Trinajstić information content (AvgIpc) is 2.61. The normalized spacial score (nSPS) is 10.3. The van der Waals surface area contributed by atoms with Crippen molar-refractivity contribution in [3.8, 4) is 23.1 Å². The highest BCUT2D eigenvalue weighted by Gasteiger charge is 2.19. The van der Waals surface area contributed by atoms with E-state index in [2.05, 4.69) is 9.97 Å². The molecule has 4 N–H and O–H groups in total. The molecule has 1 heterocycles. The lowest BCUT2D eigenvalue weighted by molar-refractivity contribution is 0.274. The number of aromatic nitrogens is 2. The van der Waals surface area contributed by atoms with E-state index in [1.165, 1.54) is 0 Å². The maximum absolute atomic E-state index is 14.4. The van der Waals surface area contributed by atoms with Crippen LogP contribution in [0.25, 0.3) is 11.3 Å². The SMILES string of the molecule is N#Cc1c(N)nc(N)nc1-c1cc(F)c(OCc2ccccc2)c(F)c1. The number of hydrogen-bond acceptors (Lipinski definition) is 6. The number of halogens is 2. The van der Waals surface area contributed by atoms with Gasteiger partial charge in [-0.15, -0.1) is 0 Å². The molecule has 2 aromatic carbocycles. The van der Waals surface area contributed by atoms with Crippen molar-refractivity contribution in [3.63, 3.8) is 0 Å². The first-order valence-corrected chi connectivity index (χ1v) is 7.49. The number of anilines is 2. The van der Waals surface area contributed by atoms with E-state index >= 15 is 0 Å². The summed E-state index contributed by atoms with van der Waals surface area (Å²) < 4.78 is 34.0. The third kappa shape index (κ3) is 3.37. The molecule has 0 bridgehead atoms. The Morgan fingerprint density at radius 2 is 1.69 bits per heavy atom. The van der Waals surface area contributed by atoms with Crippen LogP contribution in [-0.4, -0.2) is 9.97 Å². The van der Waals surface area contributed by atoms with Crippen molar-refractivity contribution in [2.45, 2.75) is 6.61 Å². The molecular weight excluding hydrogens is 340 g/mol. The summed E-state index contributed by atoms with van der Waals surface area (Å²) in [6.07, 6.45) is 0. The zero-order valence-corrected chi connectivity index (χ0v) is 13.4. The Morgan fingerprint density at radius 1 is 1.04 bits per heavy atom. The van der Waals surface area contributed by atoms with Gasteiger partial charge < -0.3 is 16.2 Å². The Hall–Kier alpha value is -3.73. The molecular formula is C18H13F2N5O. The number of rotatable bonds is 4. The van der Waals surface area contributed by atoms with Gasteiger partial charge in [-0.1, -0.05) is 30.3 Å². The molecule has 1 aromatic heterocycles. The fourth-order valence-corrected chi connectivity index (χ4v) is 2.38. The van der Waals surface area contributed by atoms with Crippen LogP contribution in [0.3, 0.4) is 0 Å². The Balaban J connectivity index is 1.97. The van der Waals surface area contributed by atoms with Crippen molar-refractivity contribution < 1.29 is 13.5 Å². The molecule has 0 aliphatic carbocycles. The number of ether oxygens (including phenoxy) is 1. The minimum absolute atomic E-state index is 0.00408. The van der Waals surface area contributed by atoms with Crippen molar-refractivity contribution in [1.82, 2.24) is 9.97 Å². The topological polar surface area (TPSA) is 111 Å². The maximum atomic E-state index is 14.4. The van der Waals surface area contributed by atoms with Gasteiger partial charge in [-0.2, -0.15) is 10.2 Å². The first kappa shape index (κ1) is 17.1. The monoisotopic (exact) mass is 353 g/mol. The zero-order valence-electron chi connectivity index (χ0n) is 13.4. The lowest BCUT2D eigenvalue weighted by Crippen LogP contribution is -2.06. The lowest BCUT2D eigenvalue weighted by atomic mass is 10.1. The van der Waals surface area contributed by atoms with E-state index in [9.17, 15) is 14.0 Å². The highest BCUT2D eigenvalue weighted by atomic mass is 19.1. The van der Waals surface area contributed by atoms with E-state index in [0.29, 0.717) is 0 Å². The van der Waals surface area contributed by atoms with Gasteiger partial charge in [0, 0.05) is 5.56 Å². The van der Waals surface area contributed by atoms with Crippen molar-refractivity contribution in [3.05, 3.63) is 65.2 Å². The van der Waals surface area contributed by atoms with E-state index in [0.717, 1.165) is 17.7 Å². The Labute approximate surface area is 147 Å². The van der Waals surface area contributed by atoms with Crippen LogP contribution in [0.4, 0.5) is 20.5 Å². The van der Waals surface area contributed by atoms with E-state index in [-0.39, 0.29) is 35.2 Å². The van der Waals surface area contributed by atoms with Gasteiger partial charge in [-0.25, -0.2) is 13.8 Å². The lowest BCUT2D eigenvalue weighted by Gasteiger charge is -2.11. The van der Waals surface area contributed by atoms with E-state index < -0.39 is 17.4 Å². The predicted octanol–water partition coefficient (Wildman–Crippen LogP) is 3.04. The summed E-state index contributed by atoms with van der Waals surface area (Å²) in [7, 11) is 0. The molecule has 0 unspecified atom stereocenters. The van der Waals surface area contributed by atoms with Gasteiger partial charge in [-0.3, -0.25) is 0 Å². The van der Waals surface area contributed by atoms with Crippen molar-refractivity contribution in [2.75, 3.05) is 11.5 Å². The van der Waals surface area contributed by atoms with Gasteiger partial charge >= 0.3 is 0 Å². The number of nitrogens with zero attached hydrogens (tertiary/aromatic N) is 3. The molecule has 0 atom stereocenters. The second kappa shape index (κ2) is 7.03. The summed E-state index contributed by atoms with van der Waals surface area (Å²) in [5.74, 6) is -2.76. The third-order valence-electron chi connectivity index (χ3n) is 3.56. The Kier molecular flexibility index (Phi) is 4.62. The Morgan fingerprint density at radius 3 is 2.31 bits per heavy atom. The first-order valence-electron chi connectivity index (χ1n) is 7.49. The van der Waals surface area contributed by atoms with Crippen LogP contribution in [0.15, 0.2) is 42.5 Å². The zero-order chi connectivity index (χ0) is 18.7. The molecule has 0 aliphatic rings. The molecule has 6 nitrogen and oxygen atoms in total. The molecule has 0 aliphatic heterocycles. The van der Waals surface area contributed by atoms with Crippen molar-refractivity contribution >= 4 is 11.8 Å². The summed E-state index contributed by atoms with van der Waals surface area (Å²) in [4.78, 5) is 7.54. The molecule has 0 saturated carbocycles. The van der Waals surface area contributed by atoms with Gasteiger partial charge in [0.05, 0.1) is 5.69 Å². The van der Waals surface area contributed by atoms with Crippen LogP contribution in [0.5, 0.6) is 5.75 Å². The van der Waals surface area contributed by atoms with Crippen molar-refractivity contribution in [2.24, 2.45) is 0 Å². The summed E-state index contributed by atoms with van der Waals surface area (Å²) in [5, 5.41) is 9.19. The number of nitrogen functional groups attached to an aromatic ring is 2. The summed E-state index contributed by atoms with van der Waals surface area (Å²) in [6.45, 7) is 0.00484. The quantitative estimate of drug-likeness (QED) is 0.746. The highest BCUT2D eigenvalue weighted by Crippen LogP contribution is 2.31. The van der Waals surface area contributed by atoms with Crippen LogP contribution in [0.1, 0.15) is 11.1 Å². The van der Waals surface area contributed by atoms with E-state index in [1.807, 2.05) is 12.1 Å². The fourth-order valence-electron chi connectivity index (χ4n) is 2.38. The van der Waals surface area contributed by atoms with Crippen LogP contribution in [0.2, 0.25) is 0 Å². The van der Waals surface area contributed by atoms with Gasteiger partial charge in [0.15, 0.2) is 17.4 Å². The fraction of sp³-hybridized carbons (Fsp3) is 0.0556. The van der Waals surface area contributed by atoms with Crippen LogP contribution in [-0.2, 0) is 6.61 Å². The summed E-state index contributed by atoms with van der Waals surface area (Å²) in [5.41, 5.74) is 11.7. The minimum Gasteiger partial charge on any atom is -0.483 e. The number of benzene rings is 2. The molecule has 0 spiro atoms. The molecule has 26 heavy (non-hydrogen) atoms. The molecule has 0 saturated heterocycles. The van der Waals surface area contributed by atoms with E-state index in [1.54, 1.807) is 24.3 Å². The van der Waals surface area contributed by atoms with Gasteiger partial charge in [0.1, 0.15) is 24.1 Å². The molecule has 0 fully saturated rings. The number of nitrogens with two attached hydrogens (primary N) is 2. The standard InChI is InChI=1S/C18H13F2N5O/c19-13-6-11(15-12(8-21)17(22)25-18(23)24-15)7-14(20)16(13)26-9-10-4-2-1-3-5-10/h1-7H,9H2,(H4,22,23,24,25). The predicted molar refractivity (Wildman–Crippen MR) is 91.7 cm³/mol. The summed E-state index contributed by atoms with van der Waals surface area (Å²) >= 11 is 0. The average molecular weight is 353 g/mol. The molecule has 3 aromatic rings. The van der Waals surface area contributed by atoms with Gasteiger partial charge in [0.25, 0.3) is 0 Å². The second-order valence-electron chi connectivity index (χ2n) is 5.35. The Bertz CT molecular complexity index is 979. The van der Waals surface area contributed by atoms with Crippen LogP contribution in [0, 0.1) is 23.0 Å². The third-order valence-corrected chi connectivity index (χ3v) is 3.56. The number of nitriles is 1. The maximum Gasteiger partial charge on any atom is 0.222 e. The van der Waals surface area contributed by atoms with Gasteiger partial charge in [-0.05, 0) is 17.7 Å². The minimum atomic E-state index is -0.935. The second-order valence-corrected chi connectivity index (χ2v) is 5.35. The van der Waals surface area contributed by atoms with Crippen LogP contribution >= 0.6 is 0 Å². The largest absolute Gasteiger partial charge is 0.483 e. The molecule has 130 valence electrons. The molecule has 3 rings (SSSR count).